The highest BCUT2D eigenvalue weighted by Crippen LogP contribution is 2.42. The third-order valence-corrected chi connectivity index (χ3v) is 6.16. The van der Waals surface area contributed by atoms with Crippen LogP contribution in [0.3, 0.4) is 0 Å². The van der Waals surface area contributed by atoms with Crippen LogP contribution in [0.1, 0.15) is 40.4 Å². The van der Waals surface area contributed by atoms with E-state index in [9.17, 15) is 9.59 Å². The van der Waals surface area contributed by atoms with Gasteiger partial charge >= 0.3 is 0 Å². The van der Waals surface area contributed by atoms with Gasteiger partial charge in [0.1, 0.15) is 11.5 Å². The van der Waals surface area contributed by atoms with Crippen LogP contribution in [0.15, 0.2) is 42.5 Å². The summed E-state index contributed by atoms with van der Waals surface area (Å²) in [6.45, 7) is 3.55. The first kappa shape index (κ1) is 21.7. The van der Waals surface area contributed by atoms with E-state index in [1.807, 2.05) is 24.0 Å². The molecule has 0 N–H and O–H groups in total. The zero-order chi connectivity index (χ0) is 22.7. The third-order valence-electron chi connectivity index (χ3n) is 6.16. The smallest absolute Gasteiger partial charge is 0.254 e. The molecule has 7 heteroatoms. The predicted molar refractivity (Wildman–Crippen MR) is 118 cm³/mol. The normalized spacial score (nSPS) is 20.2. The summed E-state index contributed by atoms with van der Waals surface area (Å²) in [7, 11) is 1.57. The zero-order valence-electron chi connectivity index (χ0n) is 18.4. The van der Waals surface area contributed by atoms with Crippen molar-refractivity contribution in [1.82, 2.24) is 9.80 Å². The number of nitrogens with zero attached hydrogens (tertiary/aromatic N) is 3. The Bertz CT molecular complexity index is 1060. The summed E-state index contributed by atoms with van der Waals surface area (Å²) in [5, 5.41) is 9.01. The monoisotopic (exact) mass is 433 g/mol. The average Bonchev–Trinajstić information content (AvgIpc) is 2.81. The van der Waals surface area contributed by atoms with Gasteiger partial charge in [0.25, 0.3) is 5.91 Å². The van der Waals surface area contributed by atoms with Crippen LogP contribution in [-0.4, -0.2) is 55.0 Å². The van der Waals surface area contributed by atoms with Crippen LogP contribution in [0.25, 0.3) is 0 Å². The number of hydrogen-bond acceptors (Lipinski definition) is 5. The van der Waals surface area contributed by atoms with Crippen molar-refractivity contribution in [2.75, 3.05) is 33.4 Å². The number of carbonyl (C=O) groups excluding carboxylic acids is 2. The second-order valence-electron chi connectivity index (χ2n) is 8.29. The fourth-order valence-corrected chi connectivity index (χ4v) is 4.60. The summed E-state index contributed by atoms with van der Waals surface area (Å²) in [6, 6.07) is 15.0. The molecule has 2 aromatic carbocycles. The Morgan fingerprint density at radius 3 is 2.91 bits per heavy atom. The number of carbonyl (C=O) groups is 2. The number of aryl methyl sites for hydroxylation is 1. The van der Waals surface area contributed by atoms with Crippen molar-refractivity contribution < 1.29 is 19.1 Å². The molecule has 1 fully saturated rings. The van der Waals surface area contributed by atoms with Gasteiger partial charge in [-0.1, -0.05) is 23.8 Å². The van der Waals surface area contributed by atoms with Crippen molar-refractivity contribution in [1.29, 1.82) is 5.26 Å². The number of ether oxygens (including phenoxy) is 2. The Hall–Kier alpha value is -3.53. The quantitative estimate of drug-likeness (QED) is 0.739. The Labute approximate surface area is 188 Å². The van der Waals surface area contributed by atoms with E-state index >= 15 is 0 Å². The van der Waals surface area contributed by atoms with Crippen LogP contribution >= 0.6 is 0 Å². The van der Waals surface area contributed by atoms with E-state index in [0.717, 1.165) is 16.9 Å². The first-order valence-electron chi connectivity index (χ1n) is 10.8. The van der Waals surface area contributed by atoms with Gasteiger partial charge < -0.3 is 19.3 Å². The molecule has 0 bridgehead atoms. The number of benzene rings is 2. The number of fused-ring (bicyclic) bond motifs is 3. The molecule has 0 saturated carbocycles. The van der Waals surface area contributed by atoms with Crippen LogP contribution in [-0.2, 0) is 4.79 Å². The fraction of sp³-hybridized carbons (Fsp3) is 0.400. The summed E-state index contributed by atoms with van der Waals surface area (Å²) in [4.78, 5) is 30.1. The molecule has 2 aliphatic rings. The summed E-state index contributed by atoms with van der Waals surface area (Å²) in [6.07, 6.45) is 0.499. The van der Waals surface area contributed by atoms with Crippen molar-refractivity contribution in [2.45, 2.75) is 25.8 Å². The maximum Gasteiger partial charge on any atom is 0.254 e. The molecule has 7 nitrogen and oxygen atoms in total. The minimum absolute atomic E-state index is 0.0443. The maximum absolute atomic E-state index is 13.7. The molecule has 0 unspecified atom stereocenters. The van der Waals surface area contributed by atoms with Gasteiger partial charge in [0.15, 0.2) is 0 Å². The first-order valence-corrected chi connectivity index (χ1v) is 10.8. The van der Waals surface area contributed by atoms with E-state index in [-0.39, 0.29) is 36.6 Å². The van der Waals surface area contributed by atoms with Crippen molar-refractivity contribution in [2.24, 2.45) is 5.92 Å². The molecule has 166 valence electrons. The standard InChI is InChI=1S/C25H27N3O4/c1-17-7-8-22-21(13-17)24-19(16-32-22)15-27(11-4-10-26)23(29)9-12-28(24)25(30)18-5-3-6-20(14-18)31-2/h3,5-8,13-14,19,24H,4,9,11-12,15-16H2,1-2H3/t19-,24-/m0/s1. The van der Waals surface area contributed by atoms with Crippen LogP contribution in [0.2, 0.25) is 0 Å². The molecular weight excluding hydrogens is 406 g/mol. The summed E-state index contributed by atoms with van der Waals surface area (Å²) in [5.41, 5.74) is 2.58. The minimum atomic E-state index is -0.227. The van der Waals surface area contributed by atoms with Gasteiger partial charge in [0.05, 0.1) is 32.2 Å². The second-order valence-corrected chi connectivity index (χ2v) is 8.29. The Morgan fingerprint density at radius 2 is 2.12 bits per heavy atom. The molecule has 32 heavy (non-hydrogen) atoms. The first-order chi connectivity index (χ1) is 15.5. The van der Waals surface area contributed by atoms with Crippen molar-refractivity contribution >= 4 is 11.8 Å². The van der Waals surface area contributed by atoms with Crippen molar-refractivity contribution in [3.05, 3.63) is 59.2 Å². The summed E-state index contributed by atoms with van der Waals surface area (Å²) >= 11 is 0. The summed E-state index contributed by atoms with van der Waals surface area (Å²) in [5.74, 6) is 1.11. The molecule has 0 aromatic heterocycles. The van der Waals surface area contributed by atoms with E-state index in [1.54, 1.807) is 36.3 Å². The second kappa shape index (κ2) is 9.31. The zero-order valence-corrected chi connectivity index (χ0v) is 18.4. The number of rotatable bonds is 4. The van der Waals surface area contributed by atoms with E-state index in [1.165, 1.54) is 0 Å². The molecule has 2 amide bonds. The number of amides is 2. The molecule has 1 saturated heterocycles. The van der Waals surface area contributed by atoms with Gasteiger partial charge in [-0.3, -0.25) is 9.59 Å². The molecule has 2 aliphatic heterocycles. The van der Waals surface area contributed by atoms with Crippen LogP contribution in [0.4, 0.5) is 0 Å². The highest BCUT2D eigenvalue weighted by molar-refractivity contribution is 5.95. The minimum Gasteiger partial charge on any atom is -0.497 e. The Kier molecular flexibility index (Phi) is 6.31. The van der Waals surface area contributed by atoms with Gasteiger partial charge in [-0.2, -0.15) is 5.26 Å². The lowest BCUT2D eigenvalue weighted by molar-refractivity contribution is -0.134. The number of methoxy groups -OCH3 is 1. The average molecular weight is 434 g/mol. The Balaban J connectivity index is 1.75. The lowest BCUT2D eigenvalue weighted by Crippen LogP contribution is -2.51. The lowest BCUT2D eigenvalue weighted by Gasteiger charge is -2.44. The van der Waals surface area contributed by atoms with Crippen LogP contribution < -0.4 is 9.47 Å². The lowest BCUT2D eigenvalue weighted by atomic mass is 9.86. The molecule has 4 rings (SSSR count). The van der Waals surface area contributed by atoms with E-state index in [4.69, 9.17) is 14.7 Å². The van der Waals surface area contributed by atoms with Crippen LogP contribution in [0.5, 0.6) is 11.5 Å². The van der Waals surface area contributed by atoms with E-state index in [2.05, 4.69) is 12.1 Å². The molecule has 0 spiro atoms. The molecule has 0 aliphatic carbocycles. The Morgan fingerprint density at radius 1 is 1.28 bits per heavy atom. The number of nitriles is 1. The van der Waals surface area contributed by atoms with Gasteiger partial charge in [0.2, 0.25) is 5.91 Å². The van der Waals surface area contributed by atoms with Gasteiger partial charge in [-0.25, -0.2) is 0 Å². The summed E-state index contributed by atoms with van der Waals surface area (Å²) < 4.78 is 11.3. The third kappa shape index (κ3) is 4.26. The van der Waals surface area contributed by atoms with Gasteiger partial charge in [-0.05, 0) is 31.2 Å². The maximum atomic E-state index is 13.7. The fourth-order valence-electron chi connectivity index (χ4n) is 4.60. The highest BCUT2D eigenvalue weighted by atomic mass is 16.5. The van der Waals surface area contributed by atoms with Crippen LogP contribution in [0, 0.1) is 24.2 Å². The predicted octanol–water partition coefficient (Wildman–Crippen LogP) is 3.34. The molecule has 0 radical (unpaired) electrons. The SMILES string of the molecule is COc1cccc(C(=O)N2CCC(=O)N(CCC#N)C[C@H]3COc4ccc(C)cc4[C@H]32)c1. The molecule has 2 aromatic rings. The highest BCUT2D eigenvalue weighted by Gasteiger charge is 2.41. The van der Waals surface area contributed by atoms with E-state index < -0.39 is 0 Å². The topological polar surface area (TPSA) is 82.9 Å². The van der Waals surface area contributed by atoms with Crippen molar-refractivity contribution in [3.8, 4) is 17.6 Å². The largest absolute Gasteiger partial charge is 0.497 e. The van der Waals surface area contributed by atoms with E-state index in [0.29, 0.717) is 37.6 Å². The molecular formula is C25H27N3O4. The van der Waals surface area contributed by atoms with Gasteiger partial charge in [0, 0.05) is 43.1 Å². The number of hydrogen-bond donors (Lipinski definition) is 0. The molecule has 2 atom stereocenters. The van der Waals surface area contributed by atoms with Gasteiger partial charge in [-0.15, -0.1) is 0 Å². The molecule has 2 heterocycles. The van der Waals surface area contributed by atoms with Crippen molar-refractivity contribution in [3.63, 3.8) is 0 Å².